The fraction of sp³-hybridized carbons (Fsp3) is 0.500. The minimum absolute atomic E-state index is 0.312. The van der Waals surface area contributed by atoms with Crippen LogP contribution in [0.15, 0.2) is 42.5 Å². The van der Waals surface area contributed by atoms with Crippen molar-refractivity contribution in [2.24, 2.45) is 11.3 Å². The maximum Gasteiger partial charge on any atom is 0.00684 e. The summed E-state index contributed by atoms with van der Waals surface area (Å²) < 4.78 is 0. The van der Waals surface area contributed by atoms with Gasteiger partial charge in [-0.25, -0.2) is 0 Å². The standard InChI is InChI=1S/C20H27N/c1-15(2)20(3,14-21-18-11-12-18)13-17-9-6-8-16-7-4-5-10-19(16)17/h4-10,15,18,21H,11-14H2,1-3H3. The molecule has 1 unspecified atom stereocenters. The molecule has 1 aliphatic rings. The molecule has 1 N–H and O–H groups in total. The van der Waals surface area contributed by atoms with Gasteiger partial charge in [-0.05, 0) is 46.9 Å². The van der Waals surface area contributed by atoms with Crippen LogP contribution in [0.4, 0.5) is 0 Å². The van der Waals surface area contributed by atoms with Crippen LogP contribution < -0.4 is 5.32 Å². The van der Waals surface area contributed by atoms with Crippen LogP contribution in [0.5, 0.6) is 0 Å². The number of benzene rings is 2. The Labute approximate surface area is 128 Å². The number of hydrogen-bond acceptors (Lipinski definition) is 1. The predicted octanol–water partition coefficient (Wildman–Crippen LogP) is 4.80. The van der Waals surface area contributed by atoms with Crippen LogP contribution in [0.3, 0.4) is 0 Å². The van der Waals surface area contributed by atoms with E-state index in [0.29, 0.717) is 11.3 Å². The lowest BCUT2D eigenvalue weighted by molar-refractivity contribution is 0.207. The van der Waals surface area contributed by atoms with E-state index in [1.807, 2.05) is 0 Å². The number of nitrogens with one attached hydrogen (secondary N) is 1. The minimum atomic E-state index is 0.312. The lowest BCUT2D eigenvalue weighted by Gasteiger charge is -2.35. The van der Waals surface area contributed by atoms with Crippen molar-refractivity contribution in [1.29, 1.82) is 0 Å². The average molecular weight is 281 g/mol. The van der Waals surface area contributed by atoms with Gasteiger partial charge in [-0.2, -0.15) is 0 Å². The van der Waals surface area contributed by atoms with Crippen LogP contribution in [-0.2, 0) is 6.42 Å². The van der Waals surface area contributed by atoms with Gasteiger partial charge in [0.1, 0.15) is 0 Å². The van der Waals surface area contributed by atoms with Crippen LogP contribution in [0.2, 0.25) is 0 Å². The number of rotatable bonds is 6. The highest BCUT2D eigenvalue weighted by atomic mass is 15.0. The van der Waals surface area contributed by atoms with Gasteiger partial charge >= 0.3 is 0 Å². The molecule has 1 nitrogen and oxygen atoms in total. The molecule has 0 saturated heterocycles. The van der Waals surface area contributed by atoms with Gasteiger partial charge in [-0.1, -0.05) is 63.2 Å². The number of fused-ring (bicyclic) bond motifs is 1. The molecule has 2 aromatic rings. The van der Waals surface area contributed by atoms with Crippen molar-refractivity contribution in [3.63, 3.8) is 0 Å². The zero-order valence-electron chi connectivity index (χ0n) is 13.5. The zero-order valence-corrected chi connectivity index (χ0v) is 13.5. The molecule has 112 valence electrons. The summed E-state index contributed by atoms with van der Waals surface area (Å²) in [5.74, 6) is 0.669. The van der Waals surface area contributed by atoms with E-state index in [4.69, 9.17) is 0 Å². The summed E-state index contributed by atoms with van der Waals surface area (Å²) >= 11 is 0. The maximum absolute atomic E-state index is 3.75. The third-order valence-corrected chi connectivity index (χ3v) is 5.24. The maximum atomic E-state index is 3.75. The van der Waals surface area contributed by atoms with Gasteiger partial charge in [0.2, 0.25) is 0 Å². The van der Waals surface area contributed by atoms with E-state index in [1.54, 1.807) is 0 Å². The van der Waals surface area contributed by atoms with Crippen LogP contribution in [0.25, 0.3) is 10.8 Å². The fourth-order valence-electron chi connectivity index (χ4n) is 3.02. The Balaban J connectivity index is 1.86. The molecule has 1 fully saturated rings. The first-order valence-corrected chi connectivity index (χ1v) is 8.28. The van der Waals surface area contributed by atoms with Crippen molar-refractivity contribution in [2.45, 2.75) is 46.1 Å². The molecule has 0 amide bonds. The van der Waals surface area contributed by atoms with E-state index in [2.05, 4.69) is 68.6 Å². The molecule has 1 heteroatoms. The van der Waals surface area contributed by atoms with Gasteiger partial charge < -0.3 is 5.32 Å². The molecule has 1 atom stereocenters. The van der Waals surface area contributed by atoms with Crippen molar-refractivity contribution in [3.05, 3.63) is 48.0 Å². The first-order chi connectivity index (χ1) is 10.1. The highest BCUT2D eigenvalue weighted by molar-refractivity contribution is 5.85. The summed E-state index contributed by atoms with van der Waals surface area (Å²) in [4.78, 5) is 0. The fourth-order valence-corrected chi connectivity index (χ4v) is 3.02. The summed E-state index contributed by atoms with van der Waals surface area (Å²) in [6, 6.07) is 16.3. The Morgan fingerprint density at radius 2 is 1.81 bits per heavy atom. The van der Waals surface area contributed by atoms with Gasteiger partial charge in [0.05, 0.1) is 0 Å². The minimum Gasteiger partial charge on any atom is -0.313 e. The zero-order chi connectivity index (χ0) is 14.9. The quantitative estimate of drug-likeness (QED) is 0.802. The van der Waals surface area contributed by atoms with E-state index in [9.17, 15) is 0 Å². The van der Waals surface area contributed by atoms with Gasteiger partial charge in [0, 0.05) is 12.6 Å². The molecule has 0 spiro atoms. The van der Waals surface area contributed by atoms with Gasteiger partial charge in [-0.15, -0.1) is 0 Å². The molecular weight excluding hydrogens is 254 g/mol. The first kappa shape index (κ1) is 14.6. The molecule has 1 aliphatic carbocycles. The Kier molecular flexibility index (Phi) is 4.03. The summed E-state index contributed by atoms with van der Waals surface area (Å²) in [6.07, 6.45) is 3.87. The molecule has 0 heterocycles. The summed E-state index contributed by atoms with van der Waals surface area (Å²) in [5.41, 5.74) is 1.80. The summed E-state index contributed by atoms with van der Waals surface area (Å²) in [7, 11) is 0. The van der Waals surface area contributed by atoms with Crippen molar-refractivity contribution < 1.29 is 0 Å². The topological polar surface area (TPSA) is 12.0 Å². The largest absolute Gasteiger partial charge is 0.313 e. The summed E-state index contributed by atoms with van der Waals surface area (Å²) in [6.45, 7) is 8.28. The second kappa shape index (κ2) is 5.81. The lowest BCUT2D eigenvalue weighted by atomic mass is 9.73. The second-order valence-corrected chi connectivity index (χ2v) is 7.28. The van der Waals surface area contributed by atoms with Crippen molar-refractivity contribution in [1.82, 2.24) is 5.32 Å². The van der Waals surface area contributed by atoms with E-state index in [1.165, 1.54) is 29.2 Å². The number of hydrogen-bond donors (Lipinski definition) is 1. The van der Waals surface area contributed by atoms with Crippen LogP contribution >= 0.6 is 0 Å². The Bertz CT molecular complexity index is 607. The van der Waals surface area contributed by atoms with E-state index in [0.717, 1.165) is 19.0 Å². The van der Waals surface area contributed by atoms with Gasteiger partial charge in [0.25, 0.3) is 0 Å². The first-order valence-electron chi connectivity index (χ1n) is 8.28. The molecule has 0 aliphatic heterocycles. The average Bonchev–Trinajstić information content (AvgIpc) is 3.30. The van der Waals surface area contributed by atoms with Gasteiger partial charge in [-0.3, -0.25) is 0 Å². The predicted molar refractivity (Wildman–Crippen MR) is 91.6 cm³/mol. The highest BCUT2D eigenvalue weighted by Crippen LogP contribution is 2.34. The molecule has 0 aromatic heterocycles. The van der Waals surface area contributed by atoms with Crippen molar-refractivity contribution >= 4 is 10.8 Å². The van der Waals surface area contributed by atoms with E-state index in [-0.39, 0.29) is 0 Å². The monoisotopic (exact) mass is 281 g/mol. The van der Waals surface area contributed by atoms with Crippen molar-refractivity contribution in [3.8, 4) is 0 Å². The molecule has 21 heavy (non-hydrogen) atoms. The summed E-state index contributed by atoms with van der Waals surface area (Å²) in [5, 5.41) is 6.52. The Morgan fingerprint density at radius 1 is 1.10 bits per heavy atom. The molecule has 3 rings (SSSR count). The van der Waals surface area contributed by atoms with E-state index >= 15 is 0 Å². The lowest BCUT2D eigenvalue weighted by Crippen LogP contribution is -2.38. The molecule has 2 aromatic carbocycles. The molecular formula is C20H27N. The smallest absolute Gasteiger partial charge is 0.00684 e. The molecule has 0 radical (unpaired) electrons. The third kappa shape index (κ3) is 3.29. The molecule has 0 bridgehead atoms. The second-order valence-electron chi connectivity index (χ2n) is 7.28. The van der Waals surface area contributed by atoms with E-state index < -0.39 is 0 Å². The van der Waals surface area contributed by atoms with Crippen LogP contribution in [-0.4, -0.2) is 12.6 Å². The molecule has 1 saturated carbocycles. The normalized spacial score (nSPS) is 18.1. The SMILES string of the molecule is CC(C)C(C)(CNC1CC1)Cc1cccc2ccccc12. The highest BCUT2D eigenvalue weighted by Gasteiger charge is 2.31. The van der Waals surface area contributed by atoms with Gasteiger partial charge in [0.15, 0.2) is 0 Å². The van der Waals surface area contributed by atoms with Crippen molar-refractivity contribution in [2.75, 3.05) is 6.54 Å². The Hall–Kier alpha value is -1.34. The van der Waals surface area contributed by atoms with Crippen LogP contribution in [0.1, 0.15) is 39.2 Å². The third-order valence-electron chi connectivity index (χ3n) is 5.24. The van der Waals surface area contributed by atoms with Crippen LogP contribution in [0, 0.1) is 11.3 Å². The Morgan fingerprint density at radius 3 is 2.52 bits per heavy atom.